The molecule has 1 N–H and O–H groups in total. The van der Waals surface area contributed by atoms with Crippen molar-refractivity contribution in [3.8, 4) is 0 Å². The third kappa shape index (κ3) is 5.27. The minimum atomic E-state index is -0.833. The zero-order valence-electron chi connectivity index (χ0n) is 21.7. The van der Waals surface area contributed by atoms with E-state index in [4.69, 9.17) is 14.6 Å². The molecule has 0 saturated heterocycles. The molecule has 2 aliphatic heterocycles. The number of benzene rings is 1. The highest BCUT2D eigenvalue weighted by Gasteiger charge is 2.37. The van der Waals surface area contributed by atoms with E-state index >= 15 is 0 Å². The van der Waals surface area contributed by atoms with Gasteiger partial charge in [-0.1, -0.05) is 55.2 Å². The summed E-state index contributed by atoms with van der Waals surface area (Å²) in [6.45, 7) is 9.06. The zero-order chi connectivity index (χ0) is 28.3. The molecule has 0 spiro atoms. The Labute approximate surface area is 232 Å². The first-order chi connectivity index (χ1) is 18.7. The van der Waals surface area contributed by atoms with Gasteiger partial charge in [-0.25, -0.2) is 9.79 Å². The number of nitrogens with zero attached hydrogens (tertiary/aromatic N) is 3. The Morgan fingerprint density at radius 2 is 1.92 bits per heavy atom. The number of carbonyl (C=O) groups excluding carboxylic acids is 2. The lowest BCUT2D eigenvalue weighted by molar-refractivity contribution is -0.138. The van der Waals surface area contributed by atoms with Crippen LogP contribution < -0.4 is 19.8 Å². The summed E-state index contributed by atoms with van der Waals surface area (Å²) in [5.41, 5.74) is 2.39. The molecule has 11 heteroatoms. The molecule has 9 nitrogen and oxygen atoms in total. The Balaban J connectivity index is 0.000000826. The van der Waals surface area contributed by atoms with E-state index in [1.165, 1.54) is 33.3 Å². The smallest absolute Gasteiger partial charge is 0.338 e. The SMILES string of the molecule is C=CCOC(=O)C1=C(C)N=c2s/c(=C3/C(=O)N(CCC)c4ccccc43)c(=O)n2C1c1cccs1.CC(=O)O. The van der Waals surface area contributed by atoms with Gasteiger partial charge in [-0.3, -0.25) is 19.0 Å². The number of anilines is 1. The van der Waals surface area contributed by atoms with Crippen LogP contribution in [-0.4, -0.2) is 40.7 Å². The lowest BCUT2D eigenvalue weighted by atomic mass is 10.0. The van der Waals surface area contributed by atoms with Gasteiger partial charge in [0.15, 0.2) is 4.80 Å². The molecule has 0 bridgehead atoms. The highest BCUT2D eigenvalue weighted by atomic mass is 32.1. The Morgan fingerprint density at radius 3 is 2.56 bits per heavy atom. The largest absolute Gasteiger partial charge is 0.481 e. The van der Waals surface area contributed by atoms with Crippen LogP contribution in [0.15, 0.2) is 75.5 Å². The number of hydrogen-bond acceptors (Lipinski definition) is 8. The van der Waals surface area contributed by atoms with Crippen LogP contribution in [-0.2, 0) is 19.1 Å². The average molecular weight is 566 g/mol. The lowest BCUT2D eigenvalue weighted by Gasteiger charge is -2.23. The maximum absolute atomic E-state index is 14.0. The van der Waals surface area contributed by atoms with E-state index in [2.05, 4.69) is 11.6 Å². The number of allylic oxidation sites excluding steroid dienone is 1. The molecular formula is C28H27N3O6S2. The number of aromatic nitrogens is 1. The van der Waals surface area contributed by atoms with Crippen molar-refractivity contribution in [2.45, 2.75) is 33.2 Å². The summed E-state index contributed by atoms with van der Waals surface area (Å²) in [6, 6.07) is 10.6. The summed E-state index contributed by atoms with van der Waals surface area (Å²) in [6.07, 6.45) is 2.29. The molecule has 39 heavy (non-hydrogen) atoms. The number of thiazole rings is 1. The molecule has 202 valence electrons. The minimum Gasteiger partial charge on any atom is -0.481 e. The number of ether oxygens (including phenoxy) is 1. The number of carboxylic acid groups (broad SMARTS) is 1. The number of thiophene rings is 1. The summed E-state index contributed by atoms with van der Waals surface area (Å²) >= 11 is 2.63. The Bertz CT molecular complexity index is 1660. The molecule has 1 atom stereocenters. The highest BCUT2D eigenvalue weighted by molar-refractivity contribution is 7.10. The second kappa shape index (κ2) is 11.7. The monoisotopic (exact) mass is 565 g/mol. The summed E-state index contributed by atoms with van der Waals surface area (Å²) in [4.78, 5) is 57.1. The molecule has 0 saturated carbocycles. The molecule has 2 aliphatic rings. The third-order valence-corrected chi connectivity index (χ3v) is 7.94. The van der Waals surface area contributed by atoms with Crippen molar-refractivity contribution >= 4 is 51.8 Å². The molecule has 1 unspecified atom stereocenters. The van der Waals surface area contributed by atoms with Gasteiger partial charge in [-0.2, -0.15) is 0 Å². The first-order valence-corrected chi connectivity index (χ1v) is 13.9. The molecule has 0 fully saturated rings. The number of carboxylic acids is 1. The van der Waals surface area contributed by atoms with E-state index in [0.29, 0.717) is 32.7 Å². The van der Waals surface area contributed by atoms with E-state index in [1.807, 2.05) is 48.7 Å². The van der Waals surface area contributed by atoms with Gasteiger partial charge in [0.2, 0.25) is 0 Å². The van der Waals surface area contributed by atoms with Gasteiger partial charge >= 0.3 is 5.97 Å². The molecule has 1 aromatic carbocycles. The minimum absolute atomic E-state index is 0.0554. The fourth-order valence-electron chi connectivity index (χ4n) is 4.51. The maximum atomic E-state index is 14.0. The molecule has 0 aliphatic carbocycles. The average Bonchev–Trinajstić information content (AvgIpc) is 3.60. The number of hydrogen-bond donors (Lipinski definition) is 1. The van der Waals surface area contributed by atoms with Crippen LogP contribution >= 0.6 is 22.7 Å². The molecule has 5 rings (SSSR count). The van der Waals surface area contributed by atoms with Gasteiger partial charge in [-0.05, 0) is 30.9 Å². The topological polar surface area (TPSA) is 118 Å². The summed E-state index contributed by atoms with van der Waals surface area (Å²) in [5, 5.41) is 9.31. The van der Waals surface area contributed by atoms with Crippen LogP contribution in [0, 0.1) is 0 Å². The fraction of sp³-hybridized carbons (Fsp3) is 0.250. The van der Waals surface area contributed by atoms with Gasteiger partial charge in [0.25, 0.3) is 17.4 Å². The Morgan fingerprint density at radius 1 is 1.21 bits per heavy atom. The standard InChI is InChI=1S/C26H23N3O4S2.C2H4O2/c1-4-12-28-17-10-7-6-9-16(17)20(23(28)30)22-24(31)29-21(18-11-8-14-34-18)19(25(32)33-13-5-2)15(3)27-26(29)35-22;1-2(3)4/h5-11,14,21H,2,4,12-13H2,1,3H3;1H3,(H,3,4)/b22-20+;. The van der Waals surface area contributed by atoms with Gasteiger partial charge in [-0.15, -0.1) is 11.3 Å². The molecule has 4 heterocycles. The predicted octanol–water partition coefficient (Wildman–Crippen LogP) is 3.24. The zero-order valence-corrected chi connectivity index (χ0v) is 23.3. The molecule has 1 amide bonds. The van der Waals surface area contributed by atoms with Gasteiger partial charge in [0.05, 0.1) is 22.5 Å². The number of esters is 1. The van der Waals surface area contributed by atoms with Gasteiger partial charge in [0.1, 0.15) is 17.2 Å². The van der Waals surface area contributed by atoms with E-state index in [9.17, 15) is 14.4 Å². The van der Waals surface area contributed by atoms with Crippen LogP contribution in [0.25, 0.3) is 5.57 Å². The summed E-state index contributed by atoms with van der Waals surface area (Å²) in [5.74, 6) is -1.56. The number of rotatable bonds is 6. The van der Waals surface area contributed by atoms with Crippen LogP contribution in [0.2, 0.25) is 0 Å². The lowest BCUT2D eigenvalue weighted by Crippen LogP contribution is -2.40. The van der Waals surface area contributed by atoms with E-state index in [0.717, 1.165) is 29.5 Å². The second-order valence-corrected chi connectivity index (χ2v) is 10.6. The van der Waals surface area contributed by atoms with Crippen molar-refractivity contribution in [2.24, 2.45) is 4.99 Å². The van der Waals surface area contributed by atoms with E-state index in [-0.39, 0.29) is 18.1 Å². The van der Waals surface area contributed by atoms with Crippen molar-refractivity contribution in [2.75, 3.05) is 18.1 Å². The maximum Gasteiger partial charge on any atom is 0.338 e. The van der Waals surface area contributed by atoms with Crippen molar-refractivity contribution < 1.29 is 24.2 Å². The highest BCUT2D eigenvalue weighted by Crippen LogP contribution is 2.36. The van der Waals surface area contributed by atoms with Gasteiger partial charge in [0, 0.05) is 23.9 Å². The Kier molecular flexibility index (Phi) is 8.41. The van der Waals surface area contributed by atoms with Crippen molar-refractivity contribution in [3.05, 3.63) is 95.8 Å². The van der Waals surface area contributed by atoms with Crippen molar-refractivity contribution in [1.82, 2.24) is 4.57 Å². The first kappa shape index (κ1) is 27.9. The first-order valence-electron chi connectivity index (χ1n) is 12.2. The van der Waals surface area contributed by atoms with Crippen LogP contribution in [0.4, 0.5) is 5.69 Å². The molecule has 3 aromatic rings. The fourth-order valence-corrected chi connectivity index (χ4v) is 6.47. The summed E-state index contributed by atoms with van der Waals surface area (Å²) in [7, 11) is 0. The number of fused-ring (bicyclic) bond motifs is 2. The third-order valence-electron chi connectivity index (χ3n) is 5.96. The summed E-state index contributed by atoms with van der Waals surface area (Å²) < 4.78 is 7.20. The normalized spacial score (nSPS) is 17.1. The quantitative estimate of drug-likeness (QED) is 0.362. The van der Waals surface area contributed by atoms with Gasteiger partial charge < -0.3 is 14.7 Å². The van der Waals surface area contributed by atoms with Crippen LogP contribution in [0.1, 0.15) is 43.7 Å². The molecular weight excluding hydrogens is 538 g/mol. The van der Waals surface area contributed by atoms with Crippen molar-refractivity contribution in [1.29, 1.82) is 0 Å². The second-order valence-electron chi connectivity index (χ2n) is 8.67. The number of para-hydroxylation sites is 1. The van der Waals surface area contributed by atoms with Crippen LogP contribution in [0.3, 0.4) is 0 Å². The molecule has 0 radical (unpaired) electrons. The van der Waals surface area contributed by atoms with E-state index in [1.54, 1.807) is 11.8 Å². The molecule has 2 aromatic heterocycles. The number of carbonyl (C=O) groups is 3. The predicted molar refractivity (Wildman–Crippen MR) is 151 cm³/mol. The Hall–Kier alpha value is -4.09. The van der Waals surface area contributed by atoms with E-state index < -0.39 is 18.0 Å². The van der Waals surface area contributed by atoms with Crippen molar-refractivity contribution in [3.63, 3.8) is 0 Å². The number of amides is 1. The number of aliphatic carboxylic acids is 1. The van der Waals surface area contributed by atoms with Crippen LogP contribution in [0.5, 0.6) is 0 Å².